The van der Waals surface area contributed by atoms with Crippen LogP contribution < -0.4 is 5.32 Å². The van der Waals surface area contributed by atoms with Gasteiger partial charge in [-0.3, -0.25) is 9.59 Å². The number of hydrogen-bond acceptors (Lipinski definition) is 4. The second kappa shape index (κ2) is 11.8. The number of unbranched alkanes of at least 4 members (excludes halogenated alkanes) is 4. The van der Waals surface area contributed by atoms with E-state index in [-0.39, 0.29) is 22.9 Å². The van der Waals surface area contributed by atoms with Gasteiger partial charge in [0.05, 0.1) is 6.54 Å². The Morgan fingerprint density at radius 2 is 1.78 bits per heavy atom. The molecule has 0 atom stereocenters. The zero-order valence-corrected chi connectivity index (χ0v) is 17.8. The van der Waals surface area contributed by atoms with E-state index < -0.39 is 0 Å². The Labute approximate surface area is 164 Å². The molecule has 0 saturated heterocycles. The summed E-state index contributed by atoms with van der Waals surface area (Å²) in [6.45, 7) is 12.1. The third kappa shape index (κ3) is 9.59. The SMILES string of the molecule is CCCCCNC(=O)c1coc(CN(CCCCC)C(=O)CC(C)(C)C)n1. The summed E-state index contributed by atoms with van der Waals surface area (Å²) in [5.41, 5.74) is 0.207. The number of hydrogen-bond donors (Lipinski definition) is 1. The molecule has 1 aromatic rings. The first-order chi connectivity index (χ1) is 12.8. The molecule has 0 bridgehead atoms. The molecule has 0 saturated carbocycles. The number of rotatable bonds is 12. The van der Waals surface area contributed by atoms with Crippen molar-refractivity contribution in [1.82, 2.24) is 15.2 Å². The van der Waals surface area contributed by atoms with Gasteiger partial charge in [0.15, 0.2) is 5.69 Å². The van der Waals surface area contributed by atoms with Gasteiger partial charge in [-0.2, -0.15) is 0 Å². The van der Waals surface area contributed by atoms with Gasteiger partial charge < -0.3 is 14.6 Å². The topological polar surface area (TPSA) is 75.4 Å². The summed E-state index contributed by atoms with van der Waals surface area (Å²) >= 11 is 0. The van der Waals surface area contributed by atoms with Gasteiger partial charge in [-0.25, -0.2) is 4.98 Å². The standard InChI is InChI=1S/C21H37N3O3/c1-6-8-10-12-22-20(26)17-16-27-18(23-17)15-24(13-11-9-7-2)19(25)14-21(3,4)5/h16H,6-15H2,1-5H3,(H,22,26). The van der Waals surface area contributed by atoms with Gasteiger partial charge in [-0.05, 0) is 18.3 Å². The molecule has 0 unspecified atom stereocenters. The molecule has 1 heterocycles. The molecule has 6 heteroatoms. The van der Waals surface area contributed by atoms with E-state index in [1.165, 1.54) is 6.26 Å². The van der Waals surface area contributed by atoms with Gasteiger partial charge >= 0.3 is 0 Å². The van der Waals surface area contributed by atoms with Crippen molar-refractivity contribution in [2.75, 3.05) is 13.1 Å². The van der Waals surface area contributed by atoms with E-state index in [0.29, 0.717) is 31.9 Å². The molecular weight excluding hydrogens is 342 g/mol. The molecule has 0 fully saturated rings. The van der Waals surface area contributed by atoms with Gasteiger partial charge in [-0.15, -0.1) is 0 Å². The van der Waals surface area contributed by atoms with E-state index in [1.54, 1.807) is 4.90 Å². The van der Waals surface area contributed by atoms with Crippen molar-refractivity contribution < 1.29 is 14.0 Å². The number of carbonyl (C=O) groups is 2. The van der Waals surface area contributed by atoms with E-state index in [0.717, 1.165) is 38.5 Å². The van der Waals surface area contributed by atoms with E-state index in [2.05, 4.69) is 44.9 Å². The molecule has 1 rings (SSSR count). The molecule has 0 radical (unpaired) electrons. The molecule has 0 aliphatic rings. The molecule has 0 spiro atoms. The van der Waals surface area contributed by atoms with Crippen molar-refractivity contribution in [3.63, 3.8) is 0 Å². The number of oxazole rings is 1. The number of carbonyl (C=O) groups excluding carboxylic acids is 2. The minimum atomic E-state index is -0.223. The molecule has 1 aromatic heterocycles. The van der Waals surface area contributed by atoms with Crippen LogP contribution in [0.3, 0.4) is 0 Å². The molecule has 6 nitrogen and oxygen atoms in total. The van der Waals surface area contributed by atoms with Crippen LogP contribution in [-0.2, 0) is 11.3 Å². The fraction of sp³-hybridized carbons (Fsp3) is 0.762. The number of nitrogens with zero attached hydrogens (tertiary/aromatic N) is 2. The van der Waals surface area contributed by atoms with Crippen LogP contribution in [0.4, 0.5) is 0 Å². The average molecular weight is 380 g/mol. The van der Waals surface area contributed by atoms with Gasteiger partial charge in [0.2, 0.25) is 11.8 Å². The first kappa shape index (κ1) is 23.2. The summed E-state index contributed by atoms with van der Waals surface area (Å²) in [5, 5.41) is 2.85. The van der Waals surface area contributed by atoms with Crippen LogP contribution in [0.5, 0.6) is 0 Å². The molecule has 0 aliphatic carbocycles. The number of nitrogens with one attached hydrogen (secondary N) is 1. The first-order valence-corrected chi connectivity index (χ1v) is 10.3. The lowest BCUT2D eigenvalue weighted by atomic mass is 9.91. The average Bonchev–Trinajstić information content (AvgIpc) is 3.05. The summed E-state index contributed by atoms with van der Waals surface area (Å²) in [7, 11) is 0. The summed E-state index contributed by atoms with van der Waals surface area (Å²) in [4.78, 5) is 30.9. The lowest BCUT2D eigenvalue weighted by Gasteiger charge is -2.25. The zero-order chi connectivity index (χ0) is 20.3. The molecule has 0 aromatic carbocycles. The van der Waals surface area contributed by atoms with Gasteiger partial charge in [0.25, 0.3) is 5.91 Å². The van der Waals surface area contributed by atoms with E-state index in [4.69, 9.17) is 4.42 Å². The monoisotopic (exact) mass is 379 g/mol. The summed E-state index contributed by atoms with van der Waals surface area (Å²) in [5.74, 6) is 0.287. The summed E-state index contributed by atoms with van der Waals surface area (Å²) in [6, 6.07) is 0. The van der Waals surface area contributed by atoms with Crippen molar-refractivity contribution in [3.05, 3.63) is 17.8 Å². The second-order valence-electron chi connectivity index (χ2n) is 8.35. The van der Waals surface area contributed by atoms with Crippen molar-refractivity contribution in [2.45, 2.75) is 86.1 Å². The highest BCUT2D eigenvalue weighted by Gasteiger charge is 2.23. The molecule has 1 N–H and O–H groups in total. The van der Waals surface area contributed by atoms with Crippen molar-refractivity contribution >= 4 is 11.8 Å². The first-order valence-electron chi connectivity index (χ1n) is 10.3. The second-order valence-corrected chi connectivity index (χ2v) is 8.35. The highest BCUT2D eigenvalue weighted by Crippen LogP contribution is 2.21. The Balaban J connectivity index is 2.67. The summed E-state index contributed by atoms with van der Waals surface area (Å²) in [6.07, 6.45) is 8.15. The predicted molar refractivity (Wildman–Crippen MR) is 107 cm³/mol. The minimum absolute atomic E-state index is 0.0692. The van der Waals surface area contributed by atoms with Crippen molar-refractivity contribution in [3.8, 4) is 0 Å². The van der Waals surface area contributed by atoms with Crippen molar-refractivity contribution in [1.29, 1.82) is 0 Å². The van der Waals surface area contributed by atoms with E-state index in [9.17, 15) is 9.59 Å². The Kier molecular flexibility index (Phi) is 10.1. The number of aromatic nitrogens is 1. The predicted octanol–water partition coefficient (Wildman–Crippen LogP) is 4.55. The Bertz CT molecular complexity index is 575. The smallest absolute Gasteiger partial charge is 0.273 e. The quantitative estimate of drug-likeness (QED) is 0.541. The van der Waals surface area contributed by atoms with Crippen LogP contribution in [0, 0.1) is 5.41 Å². The van der Waals surface area contributed by atoms with Crippen LogP contribution in [0.2, 0.25) is 0 Å². The molecule has 2 amide bonds. The normalized spacial score (nSPS) is 11.4. The molecule has 0 aliphatic heterocycles. The number of amides is 2. The van der Waals surface area contributed by atoms with Gasteiger partial charge in [0.1, 0.15) is 6.26 Å². The maximum atomic E-state index is 12.7. The third-order valence-corrected chi connectivity index (χ3v) is 4.24. The third-order valence-electron chi connectivity index (χ3n) is 4.24. The fourth-order valence-electron chi connectivity index (χ4n) is 2.73. The largest absolute Gasteiger partial charge is 0.446 e. The maximum Gasteiger partial charge on any atom is 0.273 e. The lowest BCUT2D eigenvalue weighted by molar-refractivity contribution is -0.134. The van der Waals surface area contributed by atoms with Crippen LogP contribution >= 0.6 is 0 Å². The lowest BCUT2D eigenvalue weighted by Crippen LogP contribution is -2.34. The van der Waals surface area contributed by atoms with Crippen molar-refractivity contribution in [2.24, 2.45) is 5.41 Å². The van der Waals surface area contributed by atoms with Gasteiger partial charge in [0, 0.05) is 19.5 Å². The minimum Gasteiger partial charge on any atom is -0.446 e. The highest BCUT2D eigenvalue weighted by molar-refractivity contribution is 5.91. The van der Waals surface area contributed by atoms with E-state index >= 15 is 0 Å². The molecule has 154 valence electrons. The molecular formula is C21H37N3O3. The van der Waals surface area contributed by atoms with Gasteiger partial charge in [-0.1, -0.05) is 60.3 Å². The maximum absolute atomic E-state index is 12.7. The highest BCUT2D eigenvalue weighted by atomic mass is 16.3. The van der Waals surface area contributed by atoms with Crippen LogP contribution in [-0.4, -0.2) is 34.8 Å². The Morgan fingerprint density at radius 1 is 1.11 bits per heavy atom. The van der Waals surface area contributed by atoms with E-state index in [1.807, 2.05) is 0 Å². The zero-order valence-electron chi connectivity index (χ0n) is 17.8. The fourth-order valence-corrected chi connectivity index (χ4v) is 2.73. The van der Waals surface area contributed by atoms with Crippen LogP contribution in [0.15, 0.2) is 10.7 Å². The van der Waals surface area contributed by atoms with Crippen LogP contribution in [0.25, 0.3) is 0 Å². The molecule has 27 heavy (non-hydrogen) atoms. The van der Waals surface area contributed by atoms with Crippen LogP contribution in [0.1, 0.15) is 95.9 Å². The Hall–Kier alpha value is -1.85. The Morgan fingerprint density at radius 3 is 2.41 bits per heavy atom. The summed E-state index contributed by atoms with van der Waals surface area (Å²) < 4.78 is 5.46.